The number of benzene rings is 1. The summed E-state index contributed by atoms with van der Waals surface area (Å²) >= 11 is 4.31. The zero-order chi connectivity index (χ0) is 15.4. The largest absolute Gasteiger partial charge is 0.493 e. The van der Waals surface area contributed by atoms with Gasteiger partial charge in [-0.3, -0.25) is 4.90 Å². The molecule has 0 aliphatic carbocycles. The van der Waals surface area contributed by atoms with Gasteiger partial charge in [0.1, 0.15) is 0 Å². The van der Waals surface area contributed by atoms with E-state index >= 15 is 0 Å². The Bertz CT molecular complexity index is 612. The molecule has 2 heterocycles. The van der Waals surface area contributed by atoms with Crippen LogP contribution in [0.5, 0.6) is 5.88 Å². The number of piperidine rings is 1. The van der Waals surface area contributed by atoms with E-state index in [1.807, 2.05) is 12.1 Å². The second kappa shape index (κ2) is 6.98. The third-order valence-corrected chi connectivity index (χ3v) is 4.20. The van der Waals surface area contributed by atoms with Crippen molar-refractivity contribution in [2.45, 2.75) is 30.3 Å². The van der Waals surface area contributed by atoms with Crippen LogP contribution in [0.4, 0.5) is 5.95 Å². The predicted molar refractivity (Wildman–Crippen MR) is 89.3 cm³/mol. The van der Waals surface area contributed by atoms with Crippen molar-refractivity contribution in [2.75, 3.05) is 18.4 Å². The second-order valence-corrected chi connectivity index (χ2v) is 6.12. The van der Waals surface area contributed by atoms with Crippen molar-refractivity contribution in [1.29, 1.82) is 0 Å². The van der Waals surface area contributed by atoms with Gasteiger partial charge in [-0.25, -0.2) is 4.98 Å². The first-order chi connectivity index (χ1) is 10.7. The molecule has 0 unspecified atom stereocenters. The first kappa shape index (κ1) is 15.1. The third-order valence-electron chi connectivity index (χ3n) is 3.90. The minimum atomic E-state index is 0.00238. The summed E-state index contributed by atoms with van der Waals surface area (Å²) in [5, 5.41) is 12.7. The van der Waals surface area contributed by atoms with Gasteiger partial charge in [0.2, 0.25) is 11.8 Å². The van der Waals surface area contributed by atoms with Crippen molar-refractivity contribution in [3.05, 3.63) is 42.1 Å². The average Bonchev–Trinajstić information content (AvgIpc) is 2.52. The predicted octanol–water partition coefficient (Wildman–Crippen LogP) is 2.55. The van der Waals surface area contributed by atoms with Crippen LogP contribution in [0.15, 0.2) is 41.4 Å². The van der Waals surface area contributed by atoms with Gasteiger partial charge in [-0.1, -0.05) is 12.1 Å². The Hall–Kier alpha value is -1.79. The molecular weight excluding hydrogens is 296 g/mol. The van der Waals surface area contributed by atoms with E-state index in [9.17, 15) is 5.11 Å². The van der Waals surface area contributed by atoms with E-state index in [1.165, 1.54) is 11.6 Å². The maximum atomic E-state index is 9.36. The van der Waals surface area contributed by atoms with E-state index in [-0.39, 0.29) is 5.88 Å². The lowest BCUT2D eigenvalue weighted by Crippen LogP contribution is -2.38. The Balaban J connectivity index is 1.49. The summed E-state index contributed by atoms with van der Waals surface area (Å²) in [7, 11) is 0. The van der Waals surface area contributed by atoms with Crippen LogP contribution < -0.4 is 5.32 Å². The summed E-state index contributed by atoms with van der Waals surface area (Å²) in [6, 6.07) is 10.2. The highest BCUT2D eigenvalue weighted by Crippen LogP contribution is 2.18. The first-order valence-electron chi connectivity index (χ1n) is 7.48. The van der Waals surface area contributed by atoms with E-state index in [0.29, 0.717) is 12.0 Å². The van der Waals surface area contributed by atoms with Crippen molar-refractivity contribution < 1.29 is 5.11 Å². The van der Waals surface area contributed by atoms with Gasteiger partial charge in [0.05, 0.1) is 0 Å². The molecule has 3 rings (SSSR count). The first-order valence-corrected chi connectivity index (χ1v) is 7.92. The van der Waals surface area contributed by atoms with Gasteiger partial charge in [-0.05, 0) is 30.5 Å². The lowest BCUT2D eigenvalue weighted by atomic mass is 10.0. The third kappa shape index (κ3) is 4.11. The molecule has 1 aromatic heterocycles. The van der Waals surface area contributed by atoms with E-state index in [1.54, 1.807) is 6.20 Å². The highest BCUT2D eigenvalue weighted by atomic mass is 32.1. The summed E-state index contributed by atoms with van der Waals surface area (Å²) in [6.07, 6.45) is 3.65. The number of rotatable bonds is 4. The molecule has 6 heteroatoms. The van der Waals surface area contributed by atoms with Gasteiger partial charge in [0.25, 0.3) is 0 Å². The fraction of sp³-hybridized carbons (Fsp3) is 0.375. The maximum Gasteiger partial charge on any atom is 0.226 e. The Labute approximate surface area is 135 Å². The molecule has 0 radical (unpaired) electrons. The number of hydrogen-bond donors (Lipinski definition) is 3. The van der Waals surface area contributed by atoms with Crippen molar-refractivity contribution in [3.63, 3.8) is 0 Å². The molecule has 5 nitrogen and oxygen atoms in total. The molecule has 0 atom stereocenters. The molecule has 1 aliphatic rings. The van der Waals surface area contributed by atoms with Crippen LogP contribution in [0.3, 0.4) is 0 Å². The molecule has 0 bridgehead atoms. The monoisotopic (exact) mass is 316 g/mol. The van der Waals surface area contributed by atoms with Crippen LogP contribution in [0, 0.1) is 0 Å². The lowest BCUT2D eigenvalue weighted by Gasteiger charge is -2.32. The smallest absolute Gasteiger partial charge is 0.226 e. The standard InChI is InChI=1S/C16H20N4OS/c21-15-5-8-17-16(19-15)18-13-6-9-20(10-7-13)11-12-1-3-14(22)4-2-12/h1-5,8,13,22H,6-7,9-11H2,(H2,17,18,19,21). The summed E-state index contributed by atoms with van der Waals surface area (Å²) < 4.78 is 0. The molecule has 2 aromatic rings. The van der Waals surface area contributed by atoms with Crippen LogP contribution >= 0.6 is 12.6 Å². The van der Waals surface area contributed by atoms with Crippen molar-refractivity contribution in [3.8, 4) is 5.88 Å². The number of thiol groups is 1. The van der Waals surface area contributed by atoms with Gasteiger partial charge in [-0.2, -0.15) is 4.98 Å². The van der Waals surface area contributed by atoms with Crippen molar-refractivity contribution >= 4 is 18.6 Å². The summed E-state index contributed by atoms with van der Waals surface area (Å²) in [5.74, 6) is 0.505. The van der Waals surface area contributed by atoms with Crippen molar-refractivity contribution in [2.24, 2.45) is 0 Å². The van der Waals surface area contributed by atoms with E-state index in [0.717, 1.165) is 37.4 Å². The van der Waals surface area contributed by atoms with Gasteiger partial charge >= 0.3 is 0 Å². The van der Waals surface area contributed by atoms with Crippen LogP contribution in [0.2, 0.25) is 0 Å². The van der Waals surface area contributed by atoms with Gasteiger partial charge in [0.15, 0.2) is 0 Å². The van der Waals surface area contributed by atoms with Gasteiger partial charge < -0.3 is 10.4 Å². The normalized spacial score (nSPS) is 16.6. The molecule has 1 fully saturated rings. The highest BCUT2D eigenvalue weighted by molar-refractivity contribution is 7.80. The Morgan fingerprint density at radius 2 is 1.91 bits per heavy atom. The molecule has 1 saturated heterocycles. The maximum absolute atomic E-state index is 9.36. The number of aromatic hydroxyl groups is 1. The SMILES string of the molecule is Oc1ccnc(NC2CCN(Cc3ccc(S)cc3)CC2)n1. The zero-order valence-electron chi connectivity index (χ0n) is 12.3. The summed E-state index contributed by atoms with van der Waals surface area (Å²) in [5.41, 5.74) is 1.32. The molecule has 0 spiro atoms. The molecule has 116 valence electrons. The Morgan fingerprint density at radius 1 is 1.18 bits per heavy atom. The van der Waals surface area contributed by atoms with Gasteiger partial charge in [-0.15, -0.1) is 12.6 Å². The average molecular weight is 316 g/mol. The second-order valence-electron chi connectivity index (χ2n) is 5.60. The van der Waals surface area contributed by atoms with Crippen LogP contribution in [-0.4, -0.2) is 39.1 Å². The molecular formula is C16H20N4OS. The molecule has 0 saturated carbocycles. The Kier molecular flexibility index (Phi) is 4.80. The molecule has 1 aliphatic heterocycles. The van der Waals surface area contributed by atoms with Crippen LogP contribution in [-0.2, 0) is 6.54 Å². The summed E-state index contributed by atoms with van der Waals surface area (Å²) in [6.45, 7) is 3.06. The van der Waals surface area contributed by atoms with E-state index in [2.05, 4.69) is 44.9 Å². The Morgan fingerprint density at radius 3 is 2.59 bits per heavy atom. The molecule has 22 heavy (non-hydrogen) atoms. The topological polar surface area (TPSA) is 61.3 Å². The fourth-order valence-corrected chi connectivity index (χ4v) is 2.85. The highest BCUT2D eigenvalue weighted by Gasteiger charge is 2.19. The minimum absolute atomic E-state index is 0.00238. The number of aromatic nitrogens is 2. The van der Waals surface area contributed by atoms with Crippen molar-refractivity contribution in [1.82, 2.24) is 14.9 Å². The quantitative estimate of drug-likeness (QED) is 0.757. The number of hydrogen-bond acceptors (Lipinski definition) is 6. The number of nitrogens with one attached hydrogen (secondary N) is 1. The zero-order valence-corrected chi connectivity index (χ0v) is 13.2. The number of anilines is 1. The summed E-state index contributed by atoms with van der Waals surface area (Å²) in [4.78, 5) is 11.6. The number of likely N-dealkylation sites (tertiary alicyclic amines) is 1. The van der Waals surface area contributed by atoms with E-state index < -0.39 is 0 Å². The lowest BCUT2D eigenvalue weighted by molar-refractivity contribution is 0.211. The van der Waals surface area contributed by atoms with Crippen LogP contribution in [0.1, 0.15) is 18.4 Å². The number of nitrogens with zero attached hydrogens (tertiary/aromatic N) is 3. The van der Waals surface area contributed by atoms with E-state index in [4.69, 9.17) is 0 Å². The van der Waals surface area contributed by atoms with Crippen LogP contribution in [0.25, 0.3) is 0 Å². The minimum Gasteiger partial charge on any atom is -0.493 e. The molecule has 2 N–H and O–H groups in total. The molecule has 0 amide bonds. The fourth-order valence-electron chi connectivity index (χ4n) is 2.70. The molecule has 1 aromatic carbocycles. The van der Waals surface area contributed by atoms with Gasteiger partial charge in [0, 0.05) is 42.8 Å².